The lowest BCUT2D eigenvalue weighted by Gasteiger charge is -2.10. The molecule has 158 valence electrons. The number of carbonyl (C=O) groups excluding carboxylic acids is 2. The second-order valence-corrected chi connectivity index (χ2v) is 6.04. The molecular formula is C21H18FN5O4. The molecule has 0 saturated carbocycles. The van der Waals surface area contributed by atoms with Crippen LogP contribution in [0.4, 0.5) is 9.18 Å². The maximum absolute atomic E-state index is 13.5. The minimum absolute atomic E-state index is 0.0353. The monoisotopic (exact) mass is 423 g/mol. The first-order chi connectivity index (χ1) is 15.0. The van der Waals surface area contributed by atoms with Crippen LogP contribution in [0.5, 0.6) is 11.6 Å². The Balaban J connectivity index is 1.71. The number of halogens is 1. The van der Waals surface area contributed by atoms with Crippen molar-refractivity contribution >= 4 is 12.0 Å². The lowest BCUT2D eigenvalue weighted by atomic mass is 10.2. The van der Waals surface area contributed by atoms with Crippen LogP contribution in [0.1, 0.15) is 10.4 Å². The fourth-order valence-electron chi connectivity index (χ4n) is 2.55. The van der Waals surface area contributed by atoms with Crippen LogP contribution < -0.4 is 14.8 Å². The molecule has 0 fully saturated rings. The Labute approximate surface area is 176 Å². The van der Waals surface area contributed by atoms with E-state index in [1.54, 1.807) is 22.8 Å². The number of hydrogen-bond acceptors (Lipinski definition) is 7. The van der Waals surface area contributed by atoms with E-state index in [0.29, 0.717) is 18.1 Å². The van der Waals surface area contributed by atoms with Crippen LogP contribution in [0.3, 0.4) is 0 Å². The standard InChI is InChI=1S/C21H18FN5O4/c1-3-10-27-13-23-26-19(27)16-6-5-7-18(24-16)31-21(29)25-20(28)15-9-8-14(22)12-17(15)30-11-4-2/h3-9,12-13H,1-2,10-11H2,(H,25,28,29). The topological polar surface area (TPSA) is 108 Å². The Morgan fingerprint density at radius 2 is 2.03 bits per heavy atom. The van der Waals surface area contributed by atoms with E-state index in [1.165, 1.54) is 24.5 Å². The molecule has 10 heteroatoms. The molecule has 2 amide bonds. The molecule has 0 radical (unpaired) electrons. The quantitative estimate of drug-likeness (QED) is 0.555. The van der Waals surface area contributed by atoms with Crippen molar-refractivity contribution in [1.82, 2.24) is 25.1 Å². The molecule has 0 bridgehead atoms. The summed E-state index contributed by atoms with van der Waals surface area (Å²) in [5, 5.41) is 9.88. The van der Waals surface area contributed by atoms with Gasteiger partial charge in [-0.2, -0.15) is 0 Å². The highest BCUT2D eigenvalue weighted by Gasteiger charge is 2.18. The fourth-order valence-corrected chi connectivity index (χ4v) is 2.55. The molecule has 0 saturated heterocycles. The van der Waals surface area contributed by atoms with E-state index in [4.69, 9.17) is 9.47 Å². The molecule has 31 heavy (non-hydrogen) atoms. The third kappa shape index (κ3) is 5.38. The van der Waals surface area contributed by atoms with Crippen LogP contribution in [-0.4, -0.2) is 38.4 Å². The fraction of sp³-hybridized carbons (Fsp3) is 0.0952. The summed E-state index contributed by atoms with van der Waals surface area (Å²) in [6.45, 7) is 7.69. The van der Waals surface area contributed by atoms with Gasteiger partial charge < -0.3 is 14.0 Å². The van der Waals surface area contributed by atoms with E-state index in [2.05, 4.69) is 33.7 Å². The lowest BCUT2D eigenvalue weighted by Crippen LogP contribution is -2.33. The average Bonchev–Trinajstić information content (AvgIpc) is 3.21. The van der Waals surface area contributed by atoms with Gasteiger partial charge in [0.1, 0.15) is 30.2 Å². The van der Waals surface area contributed by atoms with Crippen molar-refractivity contribution in [2.45, 2.75) is 6.54 Å². The molecule has 0 aliphatic heterocycles. The smallest absolute Gasteiger partial charge is 0.420 e. The first-order valence-electron chi connectivity index (χ1n) is 9.04. The van der Waals surface area contributed by atoms with Crippen molar-refractivity contribution in [3.8, 4) is 23.1 Å². The molecule has 9 nitrogen and oxygen atoms in total. The average molecular weight is 423 g/mol. The Morgan fingerprint density at radius 3 is 2.81 bits per heavy atom. The molecule has 1 aromatic carbocycles. The molecular weight excluding hydrogens is 405 g/mol. The maximum atomic E-state index is 13.5. The van der Waals surface area contributed by atoms with E-state index >= 15 is 0 Å². The third-order valence-corrected chi connectivity index (χ3v) is 3.85. The second-order valence-electron chi connectivity index (χ2n) is 6.04. The zero-order chi connectivity index (χ0) is 22.2. The predicted octanol–water partition coefficient (Wildman–Crippen LogP) is 3.16. The molecule has 0 aliphatic carbocycles. The van der Waals surface area contributed by atoms with Crippen LogP contribution in [0.2, 0.25) is 0 Å². The number of hydrogen-bond donors (Lipinski definition) is 1. The number of imide groups is 1. The molecule has 2 aromatic heterocycles. The highest BCUT2D eigenvalue weighted by molar-refractivity contribution is 6.04. The summed E-state index contributed by atoms with van der Waals surface area (Å²) in [4.78, 5) is 28.8. The summed E-state index contributed by atoms with van der Waals surface area (Å²) >= 11 is 0. The minimum Gasteiger partial charge on any atom is -0.489 e. The van der Waals surface area contributed by atoms with Gasteiger partial charge in [-0.1, -0.05) is 24.8 Å². The van der Waals surface area contributed by atoms with Gasteiger partial charge in [-0.05, 0) is 18.2 Å². The Kier molecular flexibility index (Phi) is 6.84. The summed E-state index contributed by atoms with van der Waals surface area (Å²) < 4.78 is 25.5. The molecule has 2 heterocycles. The normalized spacial score (nSPS) is 10.2. The maximum Gasteiger partial charge on any atom is 0.420 e. The summed E-state index contributed by atoms with van der Waals surface area (Å²) in [6, 6.07) is 8.03. The molecule has 0 spiro atoms. The first kappa shape index (κ1) is 21.4. The number of carbonyl (C=O) groups is 2. The molecule has 0 atom stereocenters. The van der Waals surface area contributed by atoms with Crippen molar-refractivity contribution in [2.24, 2.45) is 0 Å². The van der Waals surface area contributed by atoms with E-state index in [-0.39, 0.29) is 23.8 Å². The van der Waals surface area contributed by atoms with Gasteiger partial charge in [0.05, 0.1) is 5.56 Å². The van der Waals surface area contributed by atoms with E-state index in [0.717, 1.165) is 12.1 Å². The summed E-state index contributed by atoms with van der Waals surface area (Å²) in [6.07, 6.45) is 3.57. The highest BCUT2D eigenvalue weighted by atomic mass is 19.1. The van der Waals surface area contributed by atoms with Gasteiger partial charge in [0.2, 0.25) is 5.88 Å². The number of rotatable bonds is 8. The highest BCUT2D eigenvalue weighted by Crippen LogP contribution is 2.21. The van der Waals surface area contributed by atoms with Gasteiger partial charge in [0, 0.05) is 18.7 Å². The number of amides is 2. The number of ether oxygens (including phenoxy) is 2. The van der Waals surface area contributed by atoms with Crippen LogP contribution in [0, 0.1) is 5.82 Å². The zero-order valence-electron chi connectivity index (χ0n) is 16.3. The van der Waals surface area contributed by atoms with Crippen LogP contribution >= 0.6 is 0 Å². The number of pyridine rings is 1. The zero-order valence-corrected chi connectivity index (χ0v) is 16.3. The summed E-state index contributed by atoms with van der Waals surface area (Å²) in [5.41, 5.74) is 0.369. The molecule has 3 rings (SSSR count). The van der Waals surface area contributed by atoms with Gasteiger partial charge in [0.25, 0.3) is 5.91 Å². The van der Waals surface area contributed by atoms with Crippen LogP contribution in [0.15, 0.2) is 68.0 Å². The number of aromatic nitrogens is 4. The predicted molar refractivity (Wildman–Crippen MR) is 109 cm³/mol. The van der Waals surface area contributed by atoms with E-state index in [1.807, 2.05) is 0 Å². The summed E-state index contributed by atoms with van der Waals surface area (Å²) in [7, 11) is 0. The molecule has 0 unspecified atom stereocenters. The van der Waals surface area contributed by atoms with Gasteiger partial charge in [-0.3, -0.25) is 10.1 Å². The second kappa shape index (κ2) is 9.92. The number of benzene rings is 1. The van der Waals surface area contributed by atoms with Crippen molar-refractivity contribution < 1.29 is 23.5 Å². The Hall–Kier alpha value is -4.34. The lowest BCUT2D eigenvalue weighted by molar-refractivity contribution is 0.0947. The van der Waals surface area contributed by atoms with Crippen molar-refractivity contribution in [2.75, 3.05) is 6.61 Å². The van der Waals surface area contributed by atoms with E-state index in [9.17, 15) is 14.0 Å². The summed E-state index contributed by atoms with van der Waals surface area (Å²) in [5.74, 6) is -1.06. The van der Waals surface area contributed by atoms with Gasteiger partial charge in [-0.25, -0.2) is 14.2 Å². The number of nitrogens with zero attached hydrogens (tertiary/aromatic N) is 4. The van der Waals surface area contributed by atoms with Crippen molar-refractivity contribution in [3.05, 3.63) is 79.4 Å². The minimum atomic E-state index is -1.07. The van der Waals surface area contributed by atoms with Crippen LogP contribution in [-0.2, 0) is 6.54 Å². The largest absolute Gasteiger partial charge is 0.489 e. The van der Waals surface area contributed by atoms with Crippen LogP contribution in [0.25, 0.3) is 11.5 Å². The van der Waals surface area contributed by atoms with Gasteiger partial charge in [0.15, 0.2) is 5.82 Å². The third-order valence-electron chi connectivity index (χ3n) is 3.85. The first-order valence-corrected chi connectivity index (χ1v) is 9.04. The number of nitrogens with one attached hydrogen (secondary N) is 1. The van der Waals surface area contributed by atoms with Gasteiger partial charge in [-0.15, -0.1) is 16.8 Å². The molecule has 3 aromatic rings. The van der Waals surface area contributed by atoms with E-state index < -0.39 is 17.8 Å². The van der Waals surface area contributed by atoms with Crippen molar-refractivity contribution in [1.29, 1.82) is 0 Å². The van der Waals surface area contributed by atoms with Gasteiger partial charge >= 0.3 is 6.09 Å². The Morgan fingerprint density at radius 1 is 1.19 bits per heavy atom. The number of allylic oxidation sites excluding steroid dienone is 1. The Bertz CT molecular complexity index is 1130. The van der Waals surface area contributed by atoms with Crippen molar-refractivity contribution in [3.63, 3.8) is 0 Å². The SMILES string of the molecule is C=CCOc1cc(F)ccc1C(=O)NC(=O)Oc1cccc(-c2nncn2CC=C)n1. The molecule has 1 N–H and O–H groups in total. The molecule has 0 aliphatic rings.